The highest BCUT2D eigenvalue weighted by atomic mass is 79.9. The number of halogens is 5. The van der Waals surface area contributed by atoms with Crippen LogP contribution in [0.15, 0.2) is 48.6 Å². The molecule has 9 heteroatoms. The largest absolute Gasteiger partial charge is 1.00 e. The minimum atomic E-state index is -2.93. The summed E-state index contributed by atoms with van der Waals surface area (Å²) in [7, 11) is 4.12. The number of carbonyl (C=O) groups is 1. The lowest BCUT2D eigenvalue weighted by molar-refractivity contribution is -0.926. The molecule has 1 fully saturated rings. The molecule has 1 saturated heterocycles. The standard InChI is InChI=1S/C23H22F4NO3.BrH/c1-28(2)15-5-6-16(28)12-17(11-15)31-22(29)23(30,18-7-3-13(24)9-20(18)26)19-8-4-14(25)10-21(19)27;/h3-10,15-17,30H,11-12H2,1-2H3;1H/q+1;/p-1/t15-,16?,17?;/m1./s1. The molecule has 2 aliphatic rings. The number of nitrogens with zero attached hydrogens (tertiary/aromatic N) is 1. The van der Waals surface area contributed by atoms with Gasteiger partial charge in [0.1, 0.15) is 41.5 Å². The summed E-state index contributed by atoms with van der Waals surface area (Å²) in [4.78, 5) is 13.2. The van der Waals surface area contributed by atoms with Crippen molar-refractivity contribution >= 4 is 5.97 Å². The fraction of sp³-hybridized carbons (Fsp3) is 0.348. The lowest BCUT2D eigenvalue weighted by Crippen LogP contribution is -3.00. The maximum absolute atomic E-state index is 14.6. The van der Waals surface area contributed by atoms with Crippen molar-refractivity contribution in [1.82, 2.24) is 0 Å². The minimum absolute atomic E-state index is 0. The molecule has 4 rings (SSSR count). The fourth-order valence-electron chi connectivity index (χ4n) is 4.55. The van der Waals surface area contributed by atoms with Crippen molar-refractivity contribution < 1.29 is 53.7 Å². The predicted molar refractivity (Wildman–Crippen MR) is 104 cm³/mol. The summed E-state index contributed by atoms with van der Waals surface area (Å²) in [5, 5.41) is 11.3. The second kappa shape index (κ2) is 8.61. The van der Waals surface area contributed by atoms with E-state index < -0.39 is 52.1 Å². The van der Waals surface area contributed by atoms with Crippen LogP contribution in [0.3, 0.4) is 0 Å². The van der Waals surface area contributed by atoms with E-state index in [0.717, 1.165) is 24.3 Å². The van der Waals surface area contributed by atoms with Crippen LogP contribution in [0.25, 0.3) is 0 Å². The van der Waals surface area contributed by atoms with E-state index in [9.17, 15) is 27.5 Å². The van der Waals surface area contributed by atoms with Gasteiger partial charge in [-0.15, -0.1) is 0 Å². The van der Waals surface area contributed by atoms with Crippen LogP contribution < -0.4 is 17.0 Å². The van der Waals surface area contributed by atoms with Gasteiger partial charge in [0.2, 0.25) is 5.60 Å². The molecule has 4 nitrogen and oxygen atoms in total. The first-order valence-electron chi connectivity index (χ1n) is 9.89. The highest BCUT2D eigenvalue weighted by molar-refractivity contribution is 5.85. The van der Waals surface area contributed by atoms with Crippen LogP contribution in [-0.2, 0) is 15.1 Å². The number of piperidine rings is 1. The molecule has 0 radical (unpaired) electrons. The normalized spacial score (nSPS) is 23.5. The molecular formula is C23H22BrF4NO3. The Morgan fingerprint density at radius 1 is 0.938 bits per heavy atom. The second-order valence-electron chi connectivity index (χ2n) is 8.61. The van der Waals surface area contributed by atoms with Crippen molar-refractivity contribution in [3.63, 3.8) is 0 Å². The van der Waals surface area contributed by atoms with Gasteiger partial charge in [-0.25, -0.2) is 22.4 Å². The van der Waals surface area contributed by atoms with E-state index in [2.05, 4.69) is 14.1 Å². The monoisotopic (exact) mass is 515 g/mol. The third-order valence-electron chi connectivity index (χ3n) is 6.48. The molecule has 0 saturated carbocycles. The van der Waals surface area contributed by atoms with Gasteiger partial charge < -0.3 is 31.3 Å². The average Bonchev–Trinajstić information content (AvgIpc) is 2.84. The maximum atomic E-state index is 14.6. The minimum Gasteiger partial charge on any atom is -1.00 e. The molecule has 2 aromatic rings. The molecule has 32 heavy (non-hydrogen) atoms. The molecule has 0 aromatic heterocycles. The zero-order chi connectivity index (χ0) is 22.6. The van der Waals surface area contributed by atoms with E-state index in [0.29, 0.717) is 29.5 Å². The lowest BCUT2D eigenvalue weighted by atomic mass is 9.85. The number of hydrogen-bond acceptors (Lipinski definition) is 3. The van der Waals surface area contributed by atoms with E-state index in [-0.39, 0.29) is 29.1 Å². The van der Waals surface area contributed by atoms with Crippen LogP contribution >= 0.6 is 0 Å². The first-order valence-corrected chi connectivity index (χ1v) is 9.89. The third-order valence-corrected chi connectivity index (χ3v) is 6.48. The summed E-state index contributed by atoms with van der Waals surface area (Å²) in [5.74, 6) is -5.70. The Morgan fingerprint density at radius 3 is 1.78 bits per heavy atom. The van der Waals surface area contributed by atoms with Gasteiger partial charge in [0, 0.05) is 36.1 Å². The summed E-state index contributed by atoms with van der Waals surface area (Å²) >= 11 is 0. The lowest BCUT2D eigenvalue weighted by Gasteiger charge is -2.44. The number of ether oxygens (including phenoxy) is 1. The molecule has 2 unspecified atom stereocenters. The molecule has 2 heterocycles. The summed E-state index contributed by atoms with van der Waals surface area (Å²) < 4.78 is 62.3. The van der Waals surface area contributed by atoms with Crippen molar-refractivity contribution in [2.24, 2.45) is 0 Å². The van der Waals surface area contributed by atoms with Gasteiger partial charge in [-0.05, 0) is 36.4 Å². The third kappa shape index (κ3) is 3.97. The van der Waals surface area contributed by atoms with Crippen LogP contribution in [0.1, 0.15) is 24.0 Å². The molecule has 1 N–H and O–H groups in total. The molecule has 0 aliphatic carbocycles. The van der Waals surface area contributed by atoms with Gasteiger partial charge in [0.05, 0.1) is 14.1 Å². The zero-order valence-corrected chi connectivity index (χ0v) is 19.0. The van der Waals surface area contributed by atoms with Crippen LogP contribution in [0.4, 0.5) is 17.6 Å². The number of fused-ring (bicyclic) bond motifs is 2. The zero-order valence-electron chi connectivity index (χ0n) is 17.4. The number of benzene rings is 2. The Labute approximate surface area is 193 Å². The van der Waals surface area contributed by atoms with E-state index >= 15 is 0 Å². The van der Waals surface area contributed by atoms with E-state index in [1.807, 2.05) is 12.2 Å². The summed E-state index contributed by atoms with van der Waals surface area (Å²) in [6.45, 7) is 0. The van der Waals surface area contributed by atoms with E-state index in [1.54, 1.807) is 0 Å². The average molecular weight is 516 g/mol. The van der Waals surface area contributed by atoms with Gasteiger partial charge in [-0.3, -0.25) is 0 Å². The molecule has 172 valence electrons. The van der Waals surface area contributed by atoms with Crippen LogP contribution in [0, 0.1) is 23.3 Å². The van der Waals surface area contributed by atoms with Gasteiger partial charge in [-0.2, -0.15) is 0 Å². The number of esters is 1. The summed E-state index contributed by atoms with van der Waals surface area (Å²) in [5.41, 5.74) is -4.29. The van der Waals surface area contributed by atoms with E-state index in [4.69, 9.17) is 4.74 Å². The molecule has 2 bridgehead atoms. The Morgan fingerprint density at radius 2 is 1.38 bits per heavy atom. The smallest absolute Gasteiger partial charge is 0.348 e. The first kappa shape index (κ1) is 24.4. The van der Waals surface area contributed by atoms with Crippen molar-refractivity contribution in [2.75, 3.05) is 14.1 Å². The fourth-order valence-corrected chi connectivity index (χ4v) is 4.55. The molecular weight excluding hydrogens is 494 g/mol. The van der Waals surface area contributed by atoms with Crippen LogP contribution in [-0.4, -0.2) is 47.8 Å². The number of rotatable bonds is 4. The maximum Gasteiger partial charge on any atom is 0.348 e. The van der Waals surface area contributed by atoms with Gasteiger partial charge in [-0.1, -0.05) is 0 Å². The topological polar surface area (TPSA) is 46.5 Å². The molecule has 2 aromatic carbocycles. The van der Waals surface area contributed by atoms with Crippen molar-refractivity contribution in [1.29, 1.82) is 0 Å². The molecule has 0 spiro atoms. The van der Waals surface area contributed by atoms with Crippen molar-refractivity contribution in [3.05, 3.63) is 82.9 Å². The number of aliphatic hydroxyl groups is 1. The quantitative estimate of drug-likeness (QED) is 0.280. The molecule has 2 aliphatic heterocycles. The van der Waals surface area contributed by atoms with Crippen LogP contribution in [0.2, 0.25) is 0 Å². The predicted octanol–water partition coefficient (Wildman–Crippen LogP) is 0.572. The Balaban J connectivity index is 0.00000289. The van der Waals surface area contributed by atoms with E-state index in [1.165, 1.54) is 0 Å². The number of quaternary nitrogens is 1. The highest BCUT2D eigenvalue weighted by Gasteiger charge is 2.50. The van der Waals surface area contributed by atoms with Gasteiger partial charge in [0.25, 0.3) is 0 Å². The van der Waals surface area contributed by atoms with Gasteiger partial charge >= 0.3 is 5.97 Å². The molecule has 0 amide bonds. The second-order valence-corrected chi connectivity index (χ2v) is 8.61. The molecule has 3 atom stereocenters. The number of carbonyl (C=O) groups excluding carboxylic acids is 1. The van der Waals surface area contributed by atoms with Crippen molar-refractivity contribution in [3.8, 4) is 0 Å². The van der Waals surface area contributed by atoms with Gasteiger partial charge in [0.15, 0.2) is 0 Å². The Hall–Kier alpha value is -2.23. The van der Waals surface area contributed by atoms with Crippen LogP contribution in [0.5, 0.6) is 0 Å². The SMILES string of the molecule is C[N+]1(C)C2C=C[C@@H]1CC(OC(=O)C(O)(c1ccc(F)cc1F)c1ccc(F)cc1F)C2.[Br-]. The number of likely N-dealkylation sites (N-methyl/N-ethyl adjacent to an activating group) is 1. The number of hydrogen-bond donors (Lipinski definition) is 1. The Kier molecular flexibility index (Phi) is 6.57. The first-order chi connectivity index (χ1) is 14.5. The summed E-state index contributed by atoms with van der Waals surface area (Å²) in [6.07, 6.45) is 4.44. The Bertz CT molecular complexity index is 1010. The summed E-state index contributed by atoms with van der Waals surface area (Å²) in [6, 6.07) is 4.50. The highest BCUT2D eigenvalue weighted by Crippen LogP contribution is 2.39. The van der Waals surface area contributed by atoms with Crippen molar-refractivity contribution in [2.45, 2.75) is 36.6 Å².